The number of nitrogens with zero attached hydrogens (tertiary/aromatic N) is 2. The van der Waals surface area contributed by atoms with Crippen LogP contribution in [0.25, 0.3) is 0 Å². The Bertz CT molecular complexity index is 589. The second-order valence-electron chi connectivity index (χ2n) is 4.81. The molecule has 0 aliphatic carbocycles. The average Bonchev–Trinajstić information content (AvgIpc) is 2.46. The molecule has 0 amide bonds. The Labute approximate surface area is 114 Å². The fourth-order valence-corrected chi connectivity index (χ4v) is 2.42. The summed E-state index contributed by atoms with van der Waals surface area (Å²) in [5, 5.41) is 25.4. The van der Waals surface area contributed by atoms with Crippen LogP contribution in [0.15, 0.2) is 4.79 Å². The number of ether oxygens (including phenoxy) is 2. The SMILES string of the molecule is COc1nc2c(c(=O)n1C)N[C@H]1[C@@H](O)[C@H](O)CO[C@H]1N2. The first kappa shape index (κ1) is 13.2. The fourth-order valence-electron chi connectivity index (χ4n) is 2.42. The molecule has 0 spiro atoms. The number of aromatic nitrogens is 2. The quantitative estimate of drug-likeness (QED) is 0.471. The third-order valence-corrected chi connectivity index (χ3v) is 3.56. The number of aliphatic hydroxyl groups excluding tert-OH is 2. The van der Waals surface area contributed by atoms with Gasteiger partial charge in [0.2, 0.25) is 0 Å². The second-order valence-corrected chi connectivity index (χ2v) is 4.81. The summed E-state index contributed by atoms with van der Waals surface area (Å²) in [4.78, 5) is 16.4. The zero-order valence-corrected chi connectivity index (χ0v) is 11.0. The standard InChI is InChI=1S/C11H16N4O5/c1-15-10(18)6-8(14-11(15)19-2)13-9-5(12-6)7(17)4(16)3-20-9/h4-5,7,9,12-13,16-17H,3H2,1-2H3/t4-,5+,7+,9-/m1/s1. The van der Waals surface area contributed by atoms with E-state index >= 15 is 0 Å². The van der Waals surface area contributed by atoms with Crippen LogP contribution in [0.5, 0.6) is 6.01 Å². The highest BCUT2D eigenvalue weighted by atomic mass is 16.5. The lowest BCUT2D eigenvalue weighted by Crippen LogP contribution is -2.61. The Kier molecular flexibility index (Phi) is 3.04. The van der Waals surface area contributed by atoms with E-state index in [9.17, 15) is 15.0 Å². The van der Waals surface area contributed by atoms with Crippen molar-refractivity contribution in [3.05, 3.63) is 10.4 Å². The Morgan fingerprint density at radius 2 is 2.20 bits per heavy atom. The lowest BCUT2D eigenvalue weighted by Gasteiger charge is -2.42. The molecule has 1 saturated heterocycles. The van der Waals surface area contributed by atoms with Crippen molar-refractivity contribution in [1.82, 2.24) is 9.55 Å². The van der Waals surface area contributed by atoms with Crippen molar-refractivity contribution in [2.24, 2.45) is 7.05 Å². The Balaban J connectivity index is 2.03. The van der Waals surface area contributed by atoms with Crippen molar-refractivity contribution < 1.29 is 19.7 Å². The summed E-state index contributed by atoms with van der Waals surface area (Å²) in [5.74, 6) is 0.301. The van der Waals surface area contributed by atoms with E-state index in [4.69, 9.17) is 9.47 Å². The summed E-state index contributed by atoms with van der Waals surface area (Å²) < 4.78 is 11.7. The zero-order valence-electron chi connectivity index (χ0n) is 11.0. The van der Waals surface area contributed by atoms with Crippen molar-refractivity contribution in [2.75, 3.05) is 24.4 Å². The Morgan fingerprint density at radius 1 is 1.45 bits per heavy atom. The molecule has 2 aliphatic rings. The van der Waals surface area contributed by atoms with E-state index < -0.39 is 24.5 Å². The lowest BCUT2D eigenvalue weighted by atomic mass is 9.99. The van der Waals surface area contributed by atoms with Crippen LogP contribution in [0.2, 0.25) is 0 Å². The summed E-state index contributed by atoms with van der Waals surface area (Å²) in [5.41, 5.74) is -0.128. The topological polar surface area (TPSA) is 118 Å². The highest BCUT2D eigenvalue weighted by Crippen LogP contribution is 2.29. The molecule has 1 fully saturated rings. The first-order valence-corrected chi connectivity index (χ1v) is 6.18. The van der Waals surface area contributed by atoms with Gasteiger partial charge in [0.25, 0.3) is 5.56 Å². The molecule has 9 nitrogen and oxygen atoms in total. The van der Waals surface area contributed by atoms with E-state index in [0.717, 1.165) is 0 Å². The van der Waals surface area contributed by atoms with E-state index in [1.807, 2.05) is 0 Å². The number of fused-ring (bicyclic) bond motifs is 2. The smallest absolute Gasteiger partial charge is 0.300 e. The van der Waals surface area contributed by atoms with Crippen LogP contribution in [0, 0.1) is 0 Å². The summed E-state index contributed by atoms with van der Waals surface area (Å²) in [7, 11) is 2.95. The number of nitrogens with one attached hydrogen (secondary N) is 2. The molecule has 4 atom stereocenters. The first-order valence-electron chi connectivity index (χ1n) is 6.18. The number of hydrogen-bond donors (Lipinski definition) is 4. The van der Waals surface area contributed by atoms with E-state index in [2.05, 4.69) is 15.6 Å². The zero-order chi connectivity index (χ0) is 14.4. The van der Waals surface area contributed by atoms with Gasteiger partial charge in [0.05, 0.1) is 19.8 Å². The summed E-state index contributed by atoms with van der Waals surface area (Å²) in [6, 6.07) is -0.466. The van der Waals surface area contributed by atoms with Crippen molar-refractivity contribution in [1.29, 1.82) is 0 Å². The minimum absolute atomic E-state index is 0.00826. The number of hydrogen-bond acceptors (Lipinski definition) is 8. The maximum Gasteiger partial charge on any atom is 0.300 e. The summed E-state index contributed by atoms with van der Waals surface area (Å²) in [6.07, 6.45) is -2.62. The molecular formula is C11H16N4O5. The van der Waals surface area contributed by atoms with Gasteiger partial charge in [0.1, 0.15) is 17.9 Å². The van der Waals surface area contributed by atoms with E-state index in [-0.39, 0.29) is 23.9 Å². The van der Waals surface area contributed by atoms with E-state index in [0.29, 0.717) is 5.82 Å². The number of aliphatic hydroxyl groups is 2. The van der Waals surface area contributed by atoms with Gasteiger partial charge in [-0.2, -0.15) is 4.98 Å². The number of rotatable bonds is 1. The molecule has 0 radical (unpaired) electrons. The van der Waals surface area contributed by atoms with Gasteiger partial charge in [-0.1, -0.05) is 0 Å². The third kappa shape index (κ3) is 1.82. The van der Waals surface area contributed by atoms with Crippen LogP contribution in [-0.4, -0.2) is 58.0 Å². The van der Waals surface area contributed by atoms with Gasteiger partial charge in [-0.05, 0) is 0 Å². The third-order valence-electron chi connectivity index (χ3n) is 3.56. The Morgan fingerprint density at radius 3 is 2.90 bits per heavy atom. The Hall–Kier alpha value is -1.84. The molecule has 3 heterocycles. The van der Waals surface area contributed by atoms with Gasteiger partial charge in [-0.3, -0.25) is 9.36 Å². The molecule has 0 unspecified atom stereocenters. The fraction of sp³-hybridized carbons (Fsp3) is 0.636. The predicted octanol–water partition coefficient (Wildman–Crippen LogP) is -1.93. The second kappa shape index (κ2) is 4.62. The number of methoxy groups -OCH3 is 1. The van der Waals surface area contributed by atoms with E-state index in [1.54, 1.807) is 0 Å². The van der Waals surface area contributed by atoms with Gasteiger partial charge in [-0.15, -0.1) is 0 Å². The van der Waals surface area contributed by atoms with Crippen molar-refractivity contribution in [2.45, 2.75) is 24.5 Å². The first-order chi connectivity index (χ1) is 9.52. The molecule has 1 aromatic rings. The normalized spacial score (nSPS) is 31.6. The van der Waals surface area contributed by atoms with Crippen LogP contribution in [0.3, 0.4) is 0 Å². The van der Waals surface area contributed by atoms with Crippen LogP contribution < -0.4 is 20.9 Å². The molecule has 20 heavy (non-hydrogen) atoms. The predicted molar refractivity (Wildman–Crippen MR) is 68.8 cm³/mol. The molecule has 110 valence electrons. The maximum absolute atomic E-state index is 12.2. The highest BCUT2D eigenvalue weighted by Gasteiger charge is 2.43. The van der Waals surface area contributed by atoms with Crippen LogP contribution in [-0.2, 0) is 11.8 Å². The number of anilines is 2. The van der Waals surface area contributed by atoms with Crippen molar-refractivity contribution in [3.63, 3.8) is 0 Å². The lowest BCUT2D eigenvalue weighted by molar-refractivity contribution is -0.121. The van der Waals surface area contributed by atoms with Gasteiger partial charge >= 0.3 is 6.01 Å². The van der Waals surface area contributed by atoms with Gasteiger partial charge in [-0.25, -0.2) is 0 Å². The van der Waals surface area contributed by atoms with Crippen molar-refractivity contribution in [3.8, 4) is 6.01 Å². The van der Waals surface area contributed by atoms with Crippen LogP contribution in [0.4, 0.5) is 11.5 Å². The van der Waals surface area contributed by atoms with Crippen LogP contribution in [0.1, 0.15) is 0 Å². The van der Waals surface area contributed by atoms with Gasteiger partial charge in [0.15, 0.2) is 12.0 Å². The molecule has 3 rings (SSSR count). The highest BCUT2D eigenvalue weighted by molar-refractivity contribution is 5.67. The van der Waals surface area contributed by atoms with Crippen LogP contribution >= 0.6 is 0 Å². The largest absolute Gasteiger partial charge is 0.468 e. The van der Waals surface area contributed by atoms with Crippen molar-refractivity contribution >= 4 is 11.5 Å². The molecule has 0 bridgehead atoms. The molecule has 2 aliphatic heterocycles. The molecule has 1 aromatic heterocycles. The van der Waals surface area contributed by atoms with E-state index in [1.165, 1.54) is 18.7 Å². The molecule has 0 saturated carbocycles. The van der Waals surface area contributed by atoms with Gasteiger partial charge < -0.3 is 30.3 Å². The molecule has 0 aromatic carbocycles. The molecule has 9 heteroatoms. The van der Waals surface area contributed by atoms with Gasteiger partial charge in [0, 0.05) is 7.05 Å². The maximum atomic E-state index is 12.2. The average molecular weight is 284 g/mol. The monoisotopic (exact) mass is 284 g/mol. The minimum Gasteiger partial charge on any atom is -0.468 e. The molecular weight excluding hydrogens is 268 g/mol. The minimum atomic E-state index is -1.04. The summed E-state index contributed by atoms with van der Waals surface area (Å²) in [6.45, 7) is 0.00826. The molecule has 4 N–H and O–H groups in total. The summed E-state index contributed by atoms with van der Waals surface area (Å²) >= 11 is 0.